The summed E-state index contributed by atoms with van der Waals surface area (Å²) < 4.78 is 29.4. The lowest BCUT2D eigenvalue weighted by molar-refractivity contribution is -0.150. The monoisotopic (exact) mass is 604 g/mol. The summed E-state index contributed by atoms with van der Waals surface area (Å²) in [6.45, 7) is 9.70. The van der Waals surface area contributed by atoms with E-state index in [9.17, 15) is 13.2 Å². The Hall–Kier alpha value is -2.84. The minimum absolute atomic E-state index is 0.142. The minimum Gasteiger partial charge on any atom is -0.317 e. The lowest BCUT2D eigenvalue weighted by Gasteiger charge is -2.51. The summed E-state index contributed by atoms with van der Waals surface area (Å²) in [4.78, 5) is 19.1. The van der Waals surface area contributed by atoms with E-state index in [0.717, 1.165) is 11.1 Å². The van der Waals surface area contributed by atoms with Gasteiger partial charge in [-0.25, -0.2) is 13.2 Å². The number of carbonyl (C=O) groups is 1. The van der Waals surface area contributed by atoms with E-state index >= 15 is 0 Å². The second kappa shape index (κ2) is 11.3. The van der Waals surface area contributed by atoms with Gasteiger partial charge in [-0.05, 0) is 50.1 Å². The van der Waals surface area contributed by atoms with Gasteiger partial charge >= 0.3 is 5.97 Å². The highest BCUT2D eigenvalue weighted by atomic mass is 35.6. The van der Waals surface area contributed by atoms with Gasteiger partial charge < -0.3 is 4.84 Å². The van der Waals surface area contributed by atoms with Crippen molar-refractivity contribution in [2.45, 2.75) is 41.9 Å². The van der Waals surface area contributed by atoms with Crippen molar-refractivity contribution in [3.8, 4) is 0 Å². The number of halogens is 3. The molecule has 204 valence electrons. The number of anilines is 1. The largest absolute Gasteiger partial charge is 0.350 e. The summed E-state index contributed by atoms with van der Waals surface area (Å²) in [5.74, 6) is -1.12. The summed E-state index contributed by atoms with van der Waals surface area (Å²) in [7, 11) is -4.11. The number of carbonyl (C=O) groups excluding carboxylic acids is 1. The molecule has 39 heavy (non-hydrogen) atoms. The van der Waals surface area contributed by atoms with E-state index in [1.165, 1.54) is 4.31 Å². The van der Waals surface area contributed by atoms with Crippen LogP contribution in [0.15, 0.2) is 101 Å². The Balaban J connectivity index is 0.000000826. The zero-order valence-corrected chi connectivity index (χ0v) is 24.6. The average molecular weight is 606 g/mol. The molecule has 0 saturated carbocycles. The van der Waals surface area contributed by atoms with Crippen molar-refractivity contribution in [1.82, 2.24) is 0 Å². The first-order chi connectivity index (χ1) is 18.4. The van der Waals surface area contributed by atoms with E-state index in [0.29, 0.717) is 22.5 Å². The fourth-order valence-electron chi connectivity index (χ4n) is 5.48. The van der Waals surface area contributed by atoms with Crippen LogP contribution < -0.4 is 4.31 Å². The molecule has 0 aliphatic carbocycles. The topological polar surface area (TPSA) is 76.0 Å². The molecular formula is C29H27Cl3N2O4S. The molecule has 5 rings (SSSR count). The molecule has 2 aliphatic heterocycles. The second-order valence-corrected chi connectivity index (χ2v) is 13.2. The predicted octanol–water partition coefficient (Wildman–Crippen LogP) is 7.51. The summed E-state index contributed by atoms with van der Waals surface area (Å²) >= 11 is 14.4. The highest BCUT2D eigenvalue weighted by Crippen LogP contribution is 2.62. The van der Waals surface area contributed by atoms with Gasteiger partial charge in [0.2, 0.25) is 0 Å². The van der Waals surface area contributed by atoms with Gasteiger partial charge in [0.15, 0.2) is 4.30 Å². The molecule has 3 aromatic carbocycles. The maximum Gasteiger partial charge on any atom is 0.350 e. The maximum absolute atomic E-state index is 14.4. The fraction of sp³-hybridized carbons (Fsp3) is 0.241. The number of fused-ring (bicyclic) bond motifs is 1. The van der Waals surface area contributed by atoms with Gasteiger partial charge in [-0.2, -0.15) is 0 Å². The molecular weight excluding hydrogens is 579 g/mol. The molecule has 3 atom stereocenters. The first kappa shape index (κ1) is 29.2. The summed E-state index contributed by atoms with van der Waals surface area (Å²) in [5.41, 5.74) is 2.53. The van der Waals surface area contributed by atoms with Crippen LogP contribution in [0.2, 0.25) is 0 Å². The lowest BCUT2D eigenvalue weighted by atomic mass is 9.59. The van der Waals surface area contributed by atoms with Crippen molar-refractivity contribution in [2.75, 3.05) is 4.31 Å². The average Bonchev–Trinajstić information content (AvgIpc) is 3.17. The van der Waals surface area contributed by atoms with Gasteiger partial charge in [-0.3, -0.25) is 4.31 Å². The number of rotatable bonds is 4. The first-order valence-electron chi connectivity index (χ1n) is 12.0. The second-order valence-electron chi connectivity index (χ2n) is 9.44. The molecule has 0 N–H and O–H groups in total. The third kappa shape index (κ3) is 5.09. The van der Waals surface area contributed by atoms with Crippen molar-refractivity contribution in [2.24, 2.45) is 10.6 Å². The SMILES string of the molecule is C=C(C)[C@@H]1c2ccccc2N(S(=O)(=O)c2ccc(C)cc2)[C@H](c2ccccc2)[C@]12C(=O)ON=C2C.ClC(Cl)Cl. The molecule has 0 unspecified atom stereocenters. The van der Waals surface area contributed by atoms with Gasteiger partial charge in [0, 0.05) is 5.92 Å². The molecule has 0 radical (unpaired) electrons. The van der Waals surface area contributed by atoms with Crippen molar-refractivity contribution >= 4 is 62.2 Å². The van der Waals surface area contributed by atoms with E-state index in [1.807, 2.05) is 56.3 Å². The van der Waals surface area contributed by atoms with Crippen LogP contribution in [0.1, 0.15) is 42.5 Å². The van der Waals surface area contributed by atoms with Crippen LogP contribution in [0.5, 0.6) is 0 Å². The zero-order valence-electron chi connectivity index (χ0n) is 21.5. The van der Waals surface area contributed by atoms with Gasteiger partial charge in [0.1, 0.15) is 5.41 Å². The van der Waals surface area contributed by atoms with E-state index < -0.39 is 37.7 Å². The Morgan fingerprint density at radius 3 is 2.08 bits per heavy atom. The molecule has 0 amide bonds. The molecule has 2 heterocycles. The summed E-state index contributed by atoms with van der Waals surface area (Å²) in [5, 5.41) is 4.08. The highest BCUT2D eigenvalue weighted by Gasteiger charge is 2.66. The molecule has 0 saturated heterocycles. The van der Waals surface area contributed by atoms with Crippen LogP contribution in [0.25, 0.3) is 0 Å². The zero-order chi connectivity index (χ0) is 28.5. The normalized spacial score (nSPS) is 22.1. The number of nitrogens with zero attached hydrogens (tertiary/aromatic N) is 2. The number of hydrogen-bond acceptors (Lipinski definition) is 5. The van der Waals surface area contributed by atoms with E-state index in [2.05, 4.69) is 11.7 Å². The maximum atomic E-state index is 14.4. The molecule has 0 aromatic heterocycles. The Kier molecular flexibility index (Phi) is 8.47. The van der Waals surface area contributed by atoms with Gasteiger partial charge in [-0.15, -0.1) is 0 Å². The number of oxime groups is 1. The number of aryl methyl sites for hydroxylation is 1. The number of hydrogen-bond donors (Lipinski definition) is 0. The van der Waals surface area contributed by atoms with Gasteiger partial charge in [-0.1, -0.05) is 118 Å². The molecule has 2 aliphatic rings. The molecule has 0 fully saturated rings. The number of benzene rings is 3. The number of sulfonamides is 1. The summed E-state index contributed by atoms with van der Waals surface area (Å²) in [6, 6.07) is 22.3. The van der Waals surface area contributed by atoms with Crippen LogP contribution in [-0.4, -0.2) is 24.4 Å². The molecule has 1 spiro atoms. The number of alkyl halides is 3. The Morgan fingerprint density at radius 1 is 0.974 bits per heavy atom. The highest BCUT2D eigenvalue weighted by molar-refractivity contribution is 7.92. The van der Waals surface area contributed by atoms with Crippen molar-refractivity contribution < 1.29 is 18.0 Å². The van der Waals surface area contributed by atoms with Crippen LogP contribution in [0.3, 0.4) is 0 Å². The quantitative estimate of drug-likeness (QED) is 0.175. The molecule has 0 bridgehead atoms. The fourth-order valence-corrected chi connectivity index (χ4v) is 7.18. The number of para-hydroxylation sites is 1. The van der Waals surface area contributed by atoms with Gasteiger partial charge in [0.25, 0.3) is 10.0 Å². The lowest BCUT2D eigenvalue weighted by Crippen LogP contribution is -2.56. The predicted molar refractivity (Wildman–Crippen MR) is 157 cm³/mol. The van der Waals surface area contributed by atoms with Crippen molar-refractivity contribution in [3.63, 3.8) is 0 Å². The third-order valence-electron chi connectivity index (χ3n) is 6.99. The van der Waals surface area contributed by atoms with Crippen LogP contribution in [0, 0.1) is 12.3 Å². The van der Waals surface area contributed by atoms with Crippen molar-refractivity contribution in [3.05, 3.63) is 108 Å². The number of allylic oxidation sites excluding steroid dienone is 1. The standard InChI is InChI=1S/C28H26N2O4S.CHCl3/c1-18(2)25-23-12-8-9-13-24(23)30(35(32,33)22-16-14-19(3)15-17-22)26(21-10-6-5-7-11-21)28(25)20(4)29-34-27(28)31;2-1(3)4/h5-17,25-26H,1H2,2-4H3;1H/t25-,26-,28-;/m1./s1. The third-order valence-corrected chi connectivity index (χ3v) is 8.79. The smallest absolute Gasteiger partial charge is 0.317 e. The molecule has 10 heteroatoms. The Bertz CT molecular complexity index is 1520. The van der Waals surface area contributed by atoms with Crippen molar-refractivity contribution in [1.29, 1.82) is 0 Å². The first-order valence-corrected chi connectivity index (χ1v) is 14.8. The van der Waals surface area contributed by atoms with Crippen LogP contribution in [-0.2, 0) is 19.7 Å². The minimum atomic E-state index is -4.11. The van der Waals surface area contributed by atoms with E-state index in [-0.39, 0.29) is 4.90 Å². The molecule has 3 aromatic rings. The Labute approximate surface area is 243 Å². The van der Waals surface area contributed by atoms with Crippen LogP contribution >= 0.6 is 34.8 Å². The van der Waals surface area contributed by atoms with Gasteiger partial charge in [0.05, 0.1) is 22.3 Å². The summed E-state index contributed by atoms with van der Waals surface area (Å²) in [6.07, 6.45) is 0. The van der Waals surface area contributed by atoms with E-state index in [4.69, 9.17) is 39.6 Å². The van der Waals surface area contributed by atoms with E-state index in [1.54, 1.807) is 43.3 Å². The Morgan fingerprint density at radius 2 is 1.54 bits per heavy atom. The molecule has 6 nitrogen and oxygen atoms in total. The van der Waals surface area contributed by atoms with Crippen LogP contribution in [0.4, 0.5) is 5.69 Å².